The molecule has 0 atom stereocenters. The monoisotopic (exact) mass is 378 g/mol. The number of benzene rings is 2. The lowest BCUT2D eigenvalue weighted by molar-refractivity contribution is -0.121. The molecule has 0 radical (unpaired) electrons. The Labute approximate surface area is 154 Å². The summed E-state index contributed by atoms with van der Waals surface area (Å²) in [4.78, 5) is 22.8. The number of ether oxygens (including phenoxy) is 1. The first-order chi connectivity index (χ1) is 11.8. The number of hydrogen-bond acceptors (Lipinski definition) is 4. The van der Waals surface area contributed by atoms with Gasteiger partial charge in [0.2, 0.25) is 0 Å². The minimum absolute atomic E-state index is 0.0197. The number of hydrogen-bond donors (Lipinski definition) is 3. The van der Waals surface area contributed by atoms with Gasteiger partial charge in [0.25, 0.3) is 5.91 Å². The third-order valence-electron chi connectivity index (χ3n) is 3.07. The molecule has 0 spiro atoms. The molecule has 0 saturated heterocycles. The highest BCUT2D eigenvalue weighted by Gasteiger charge is 2.10. The van der Waals surface area contributed by atoms with Crippen molar-refractivity contribution in [3.8, 4) is 5.75 Å². The van der Waals surface area contributed by atoms with E-state index in [1.165, 1.54) is 18.2 Å². The van der Waals surface area contributed by atoms with Gasteiger partial charge in [-0.3, -0.25) is 10.1 Å². The van der Waals surface area contributed by atoms with Crippen LogP contribution in [0.25, 0.3) is 0 Å². The molecular weight excluding hydrogens is 364 g/mol. The Morgan fingerprint density at radius 1 is 1.24 bits per heavy atom. The first kappa shape index (κ1) is 18.7. The van der Waals surface area contributed by atoms with E-state index in [-0.39, 0.29) is 22.3 Å². The first-order valence-electron chi connectivity index (χ1n) is 7.18. The summed E-state index contributed by atoms with van der Waals surface area (Å²) < 4.78 is 5.38. The molecule has 3 N–H and O–H groups in total. The highest BCUT2D eigenvalue weighted by atomic mass is 35.5. The number of anilines is 1. The second-order valence-electron chi connectivity index (χ2n) is 5.11. The highest BCUT2D eigenvalue weighted by molar-refractivity contribution is 7.80. The summed E-state index contributed by atoms with van der Waals surface area (Å²) in [6.45, 7) is 1.73. The maximum Gasteiger partial charge on any atom is 0.337 e. The molecule has 2 aromatic carbocycles. The summed E-state index contributed by atoms with van der Waals surface area (Å²) in [6, 6.07) is 11.6. The van der Waals surface area contributed by atoms with Gasteiger partial charge in [-0.05, 0) is 55.0 Å². The van der Waals surface area contributed by atoms with E-state index in [0.717, 1.165) is 5.56 Å². The standard InChI is InChI=1S/C17H15ClN2O4S/c1-10-3-2-4-12(7-10)24-9-15(21)20-17(25)19-11-5-6-13(16(22)23)14(18)8-11/h2-8H,9H2,1H3,(H,22,23)(H2,19,20,21,25). The first-order valence-corrected chi connectivity index (χ1v) is 7.97. The van der Waals surface area contributed by atoms with Gasteiger partial charge in [-0.2, -0.15) is 0 Å². The van der Waals surface area contributed by atoms with Crippen LogP contribution in [0.5, 0.6) is 5.75 Å². The molecule has 25 heavy (non-hydrogen) atoms. The zero-order valence-corrected chi connectivity index (χ0v) is 14.8. The Hall–Kier alpha value is -2.64. The van der Waals surface area contributed by atoms with E-state index in [1.54, 1.807) is 6.07 Å². The molecule has 0 aliphatic heterocycles. The molecule has 0 unspecified atom stereocenters. The number of carboxylic acid groups (broad SMARTS) is 1. The van der Waals surface area contributed by atoms with Gasteiger partial charge in [0, 0.05) is 5.69 Å². The number of thiocarbonyl (C=S) groups is 1. The molecule has 0 bridgehead atoms. The Morgan fingerprint density at radius 2 is 2.00 bits per heavy atom. The molecule has 6 nitrogen and oxygen atoms in total. The Balaban J connectivity index is 1.86. The molecule has 130 valence electrons. The summed E-state index contributed by atoms with van der Waals surface area (Å²) in [5.74, 6) is -0.960. The molecule has 0 saturated carbocycles. The minimum atomic E-state index is -1.12. The third-order valence-corrected chi connectivity index (χ3v) is 3.59. The number of carbonyl (C=O) groups excluding carboxylic acids is 1. The number of amides is 1. The second kappa shape index (κ2) is 8.46. The normalized spacial score (nSPS) is 10.0. The summed E-state index contributed by atoms with van der Waals surface area (Å²) in [5.41, 5.74) is 1.46. The number of aromatic carboxylic acids is 1. The molecule has 0 aliphatic rings. The van der Waals surface area contributed by atoms with Crippen LogP contribution in [0.4, 0.5) is 5.69 Å². The summed E-state index contributed by atoms with van der Waals surface area (Å²) in [5, 5.41) is 14.3. The summed E-state index contributed by atoms with van der Waals surface area (Å²) >= 11 is 10.9. The molecule has 2 rings (SSSR count). The van der Waals surface area contributed by atoms with Crippen LogP contribution in [0, 0.1) is 6.92 Å². The Morgan fingerprint density at radius 3 is 2.64 bits per heavy atom. The Bertz CT molecular complexity index is 826. The van der Waals surface area contributed by atoms with Crippen molar-refractivity contribution in [1.82, 2.24) is 5.32 Å². The van der Waals surface area contributed by atoms with Gasteiger partial charge in [-0.1, -0.05) is 23.7 Å². The van der Waals surface area contributed by atoms with Crippen LogP contribution in [-0.2, 0) is 4.79 Å². The molecule has 8 heteroatoms. The average molecular weight is 379 g/mol. The van der Waals surface area contributed by atoms with E-state index in [0.29, 0.717) is 11.4 Å². The van der Waals surface area contributed by atoms with E-state index in [2.05, 4.69) is 10.6 Å². The van der Waals surface area contributed by atoms with Gasteiger partial charge in [0.1, 0.15) is 5.75 Å². The van der Waals surface area contributed by atoms with E-state index >= 15 is 0 Å². The lowest BCUT2D eigenvalue weighted by atomic mass is 10.2. The zero-order chi connectivity index (χ0) is 18.4. The van der Waals surface area contributed by atoms with Crippen molar-refractivity contribution in [3.63, 3.8) is 0 Å². The molecular formula is C17H15ClN2O4S. The van der Waals surface area contributed by atoms with Crippen molar-refractivity contribution >= 4 is 46.5 Å². The molecule has 2 aromatic rings. The van der Waals surface area contributed by atoms with E-state index in [4.69, 9.17) is 33.7 Å². The number of halogens is 1. The molecule has 0 aromatic heterocycles. The predicted molar refractivity (Wildman–Crippen MR) is 99.4 cm³/mol. The number of carboxylic acids is 1. The summed E-state index contributed by atoms with van der Waals surface area (Å²) in [7, 11) is 0. The largest absolute Gasteiger partial charge is 0.484 e. The fraction of sp³-hybridized carbons (Fsp3) is 0.118. The van der Waals surface area contributed by atoms with Crippen molar-refractivity contribution in [2.75, 3.05) is 11.9 Å². The number of nitrogens with one attached hydrogen (secondary N) is 2. The van der Waals surface area contributed by atoms with Crippen LogP contribution in [0.15, 0.2) is 42.5 Å². The van der Waals surface area contributed by atoms with Crippen molar-refractivity contribution in [3.05, 3.63) is 58.6 Å². The number of carbonyl (C=O) groups is 2. The van der Waals surface area contributed by atoms with Gasteiger partial charge in [-0.25, -0.2) is 4.79 Å². The van der Waals surface area contributed by atoms with E-state index < -0.39 is 11.9 Å². The van der Waals surface area contributed by atoms with Crippen LogP contribution < -0.4 is 15.4 Å². The van der Waals surface area contributed by atoms with E-state index in [1.807, 2.05) is 25.1 Å². The van der Waals surface area contributed by atoms with Gasteiger partial charge in [0.05, 0.1) is 10.6 Å². The number of aryl methyl sites for hydroxylation is 1. The lowest BCUT2D eigenvalue weighted by Crippen LogP contribution is -2.37. The smallest absolute Gasteiger partial charge is 0.337 e. The van der Waals surface area contributed by atoms with Crippen LogP contribution in [0.3, 0.4) is 0 Å². The predicted octanol–water partition coefficient (Wildman–Crippen LogP) is 3.24. The quantitative estimate of drug-likeness (QED) is 0.692. The van der Waals surface area contributed by atoms with Gasteiger partial charge in [0.15, 0.2) is 11.7 Å². The van der Waals surface area contributed by atoms with Crippen molar-refractivity contribution in [1.29, 1.82) is 0 Å². The fourth-order valence-corrected chi connectivity index (χ4v) is 2.44. The maximum atomic E-state index is 11.8. The second-order valence-corrected chi connectivity index (χ2v) is 5.92. The van der Waals surface area contributed by atoms with Gasteiger partial charge < -0.3 is 15.2 Å². The van der Waals surface area contributed by atoms with Crippen molar-refractivity contribution in [2.45, 2.75) is 6.92 Å². The van der Waals surface area contributed by atoms with Crippen molar-refractivity contribution in [2.24, 2.45) is 0 Å². The van der Waals surface area contributed by atoms with Crippen LogP contribution in [-0.4, -0.2) is 28.7 Å². The molecule has 0 heterocycles. The van der Waals surface area contributed by atoms with E-state index in [9.17, 15) is 9.59 Å². The minimum Gasteiger partial charge on any atom is -0.484 e. The fourth-order valence-electron chi connectivity index (χ4n) is 1.95. The number of rotatable bonds is 5. The van der Waals surface area contributed by atoms with Crippen molar-refractivity contribution < 1.29 is 19.4 Å². The molecule has 1 amide bonds. The van der Waals surface area contributed by atoms with Gasteiger partial charge >= 0.3 is 5.97 Å². The van der Waals surface area contributed by atoms with Crippen LogP contribution in [0.2, 0.25) is 5.02 Å². The summed E-state index contributed by atoms with van der Waals surface area (Å²) in [6.07, 6.45) is 0. The Kier molecular flexibility index (Phi) is 6.32. The van der Waals surface area contributed by atoms with Crippen LogP contribution in [0.1, 0.15) is 15.9 Å². The maximum absolute atomic E-state index is 11.8. The third kappa shape index (κ3) is 5.74. The van der Waals surface area contributed by atoms with Crippen LogP contribution >= 0.6 is 23.8 Å². The van der Waals surface area contributed by atoms with Gasteiger partial charge in [-0.15, -0.1) is 0 Å². The zero-order valence-electron chi connectivity index (χ0n) is 13.2. The molecule has 0 fully saturated rings. The average Bonchev–Trinajstić information content (AvgIpc) is 2.52. The molecule has 0 aliphatic carbocycles. The SMILES string of the molecule is Cc1cccc(OCC(=O)NC(=S)Nc2ccc(C(=O)O)c(Cl)c2)c1. The highest BCUT2D eigenvalue weighted by Crippen LogP contribution is 2.21. The lowest BCUT2D eigenvalue weighted by Gasteiger charge is -2.11. The topological polar surface area (TPSA) is 87.7 Å².